The van der Waals surface area contributed by atoms with Crippen LogP contribution in [0, 0.1) is 5.82 Å². The van der Waals surface area contributed by atoms with Crippen LogP contribution < -0.4 is 0 Å². The van der Waals surface area contributed by atoms with Crippen LogP contribution in [0.5, 0.6) is 0 Å². The van der Waals surface area contributed by atoms with Crippen molar-refractivity contribution in [3.05, 3.63) is 46.2 Å². The number of hydrogen-bond donors (Lipinski definition) is 1. The van der Waals surface area contributed by atoms with Crippen molar-refractivity contribution in [2.24, 2.45) is 0 Å². The van der Waals surface area contributed by atoms with Crippen LogP contribution in [0.15, 0.2) is 29.0 Å². The maximum Gasteiger partial charge on any atom is 0.217 e. The monoisotopic (exact) mass is 517 g/mol. The maximum absolute atomic E-state index is 13.5. The van der Waals surface area contributed by atoms with Gasteiger partial charge >= 0.3 is 0 Å². The summed E-state index contributed by atoms with van der Waals surface area (Å²) in [6.45, 7) is 7.11. The average molecular weight is 518 g/mol. The summed E-state index contributed by atoms with van der Waals surface area (Å²) >= 11 is 3.33. The van der Waals surface area contributed by atoms with E-state index in [-0.39, 0.29) is 23.2 Å². The normalized spacial score (nSPS) is 20.5. The SMILES string of the molecule is CC(C)(C)S(C)(C)OC(CC(O)c1nc(Br)nn1C1CCCCO1)c1ccc(F)cc1. The first-order chi connectivity index (χ1) is 14.5. The minimum atomic E-state index is -1.49. The second-order valence-corrected chi connectivity index (χ2v) is 13.8. The van der Waals surface area contributed by atoms with Crippen LogP contribution in [-0.4, -0.2) is 43.7 Å². The largest absolute Gasteiger partial charge is 0.385 e. The molecule has 0 saturated carbocycles. The number of rotatable bonds is 7. The summed E-state index contributed by atoms with van der Waals surface area (Å²) in [7, 11) is -1.49. The van der Waals surface area contributed by atoms with Gasteiger partial charge in [-0.15, -0.1) is 15.4 Å². The first kappa shape index (κ1) is 24.6. The van der Waals surface area contributed by atoms with E-state index in [1.165, 1.54) is 12.1 Å². The first-order valence-corrected chi connectivity index (χ1v) is 13.7. The van der Waals surface area contributed by atoms with E-state index < -0.39 is 22.5 Å². The number of aliphatic hydroxyl groups excluding tert-OH is 1. The Kier molecular flexibility index (Phi) is 7.84. The lowest BCUT2D eigenvalue weighted by Gasteiger charge is -2.46. The molecular formula is C22H33BrFN3O3S. The number of nitrogens with zero attached hydrogens (tertiary/aromatic N) is 3. The highest BCUT2D eigenvalue weighted by Crippen LogP contribution is 2.57. The van der Waals surface area contributed by atoms with Crippen LogP contribution in [0.25, 0.3) is 0 Å². The average Bonchev–Trinajstić information content (AvgIpc) is 3.09. The molecule has 31 heavy (non-hydrogen) atoms. The van der Waals surface area contributed by atoms with Crippen LogP contribution >= 0.6 is 26.2 Å². The van der Waals surface area contributed by atoms with Crippen LogP contribution in [0.4, 0.5) is 4.39 Å². The van der Waals surface area contributed by atoms with Gasteiger partial charge in [-0.3, -0.25) is 0 Å². The van der Waals surface area contributed by atoms with E-state index in [1.807, 2.05) is 0 Å². The summed E-state index contributed by atoms with van der Waals surface area (Å²) in [6, 6.07) is 6.28. The van der Waals surface area contributed by atoms with Crippen LogP contribution in [0.2, 0.25) is 0 Å². The van der Waals surface area contributed by atoms with Crippen molar-refractivity contribution in [2.75, 3.05) is 19.1 Å². The molecule has 1 aromatic heterocycles. The van der Waals surface area contributed by atoms with Gasteiger partial charge < -0.3 is 14.0 Å². The van der Waals surface area contributed by atoms with E-state index in [4.69, 9.17) is 8.92 Å². The molecule has 9 heteroatoms. The van der Waals surface area contributed by atoms with Gasteiger partial charge in [0, 0.05) is 17.8 Å². The Balaban J connectivity index is 1.88. The number of halogens is 2. The molecule has 3 rings (SSSR count). The Morgan fingerprint density at radius 3 is 2.55 bits per heavy atom. The van der Waals surface area contributed by atoms with Crippen molar-refractivity contribution in [1.29, 1.82) is 0 Å². The molecule has 3 atom stereocenters. The highest BCUT2D eigenvalue weighted by molar-refractivity contribution is 9.10. The lowest BCUT2D eigenvalue weighted by atomic mass is 10.0. The molecule has 0 radical (unpaired) electrons. The molecule has 6 nitrogen and oxygen atoms in total. The highest BCUT2D eigenvalue weighted by atomic mass is 79.9. The van der Waals surface area contributed by atoms with Crippen LogP contribution in [0.3, 0.4) is 0 Å². The summed E-state index contributed by atoms with van der Waals surface area (Å²) in [5, 5.41) is 15.6. The van der Waals surface area contributed by atoms with Crippen molar-refractivity contribution in [2.45, 2.75) is 69.6 Å². The van der Waals surface area contributed by atoms with Gasteiger partial charge in [-0.2, -0.15) is 0 Å². The molecule has 0 bridgehead atoms. The third-order valence-electron chi connectivity index (χ3n) is 5.87. The Hall–Kier alpha value is -1.00. The number of aromatic nitrogens is 3. The summed E-state index contributed by atoms with van der Waals surface area (Å²) in [6.07, 6.45) is 5.82. The molecular weight excluding hydrogens is 485 g/mol. The third kappa shape index (κ3) is 6.07. The molecule has 0 amide bonds. The maximum atomic E-state index is 13.5. The predicted octanol–water partition coefficient (Wildman–Crippen LogP) is 5.84. The van der Waals surface area contributed by atoms with Gasteiger partial charge in [0.15, 0.2) is 12.1 Å². The second-order valence-electron chi connectivity index (χ2n) is 9.24. The molecule has 1 aliphatic heterocycles. The van der Waals surface area contributed by atoms with E-state index in [0.29, 0.717) is 17.2 Å². The van der Waals surface area contributed by atoms with E-state index in [2.05, 4.69) is 59.3 Å². The Morgan fingerprint density at radius 2 is 1.97 bits per heavy atom. The topological polar surface area (TPSA) is 69.4 Å². The fourth-order valence-corrected chi connectivity index (χ4v) is 4.73. The molecule has 2 aromatic rings. The van der Waals surface area contributed by atoms with Gasteiger partial charge in [0.05, 0.1) is 6.10 Å². The molecule has 1 fully saturated rings. The van der Waals surface area contributed by atoms with Gasteiger partial charge in [0.2, 0.25) is 4.73 Å². The van der Waals surface area contributed by atoms with Crippen molar-refractivity contribution in [1.82, 2.24) is 14.8 Å². The zero-order valence-corrected chi connectivity index (χ0v) is 21.2. The van der Waals surface area contributed by atoms with E-state index >= 15 is 0 Å². The predicted molar refractivity (Wildman–Crippen MR) is 126 cm³/mol. The second kappa shape index (κ2) is 9.87. The van der Waals surface area contributed by atoms with Gasteiger partial charge in [-0.25, -0.2) is 14.1 Å². The molecule has 1 aromatic carbocycles. The minimum Gasteiger partial charge on any atom is -0.385 e. The van der Waals surface area contributed by atoms with Gasteiger partial charge in [-0.1, -0.05) is 32.9 Å². The molecule has 2 heterocycles. The number of ether oxygens (including phenoxy) is 1. The number of aliphatic hydroxyl groups is 1. The zero-order chi connectivity index (χ0) is 22.8. The van der Waals surface area contributed by atoms with Crippen molar-refractivity contribution < 1.29 is 18.4 Å². The fourth-order valence-electron chi connectivity index (χ4n) is 3.32. The minimum absolute atomic E-state index is 0.0603. The Morgan fingerprint density at radius 1 is 1.29 bits per heavy atom. The summed E-state index contributed by atoms with van der Waals surface area (Å²) in [5.74, 6) is 0.140. The first-order valence-electron chi connectivity index (χ1n) is 10.6. The van der Waals surface area contributed by atoms with Crippen molar-refractivity contribution >= 4 is 26.2 Å². The summed E-state index contributed by atoms with van der Waals surface area (Å²) in [4.78, 5) is 4.42. The van der Waals surface area contributed by atoms with E-state index in [9.17, 15) is 9.50 Å². The van der Waals surface area contributed by atoms with Crippen LogP contribution in [0.1, 0.15) is 76.3 Å². The molecule has 0 aliphatic carbocycles. The standard InChI is InChI=1S/C22H33BrFN3O3S/c1-22(2,3)31(4,5)30-18(15-9-11-16(24)12-10-15)14-17(28)20-25-21(23)26-27(20)19-8-6-7-13-29-19/h9-12,17-19,28H,6-8,13-14H2,1-5H3. The number of benzene rings is 1. The van der Waals surface area contributed by atoms with Gasteiger partial charge in [0.1, 0.15) is 11.9 Å². The fraction of sp³-hybridized carbons (Fsp3) is 0.636. The molecule has 3 unspecified atom stereocenters. The Labute approximate surface area is 194 Å². The molecule has 1 saturated heterocycles. The highest BCUT2D eigenvalue weighted by Gasteiger charge is 2.34. The van der Waals surface area contributed by atoms with Crippen molar-refractivity contribution in [3.8, 4) is 0 Å². The third-order valence-corrected chi connectivity index (χ3v) is 9.87. The molecule has 0 spiro atoms. The molecule has 1 aliphatic rings. The van der Waals surface area contributed by atoms with Crippen LogP contribution in [-0.2, 0) is 8.92 Å². The zero-order valence-electron chi connectivity index (χ0n) is 18.8. The smallest absolute Gasteiger partial charge is 0.217 e. The quantitative estimate of drug-likeness (QED) is 0.499. The lowest BCUT2D eigenvalue weighted by Crippen LogP contribution is -2.27. The van der Waals surface area contributed by atoms with E-state index in [1.54, 1.807) is 16.8 Å². The molecule has 1 N–H and O–H groups in total. The van der Waals surface area contributed by atoms with Crippen molar-refractivity contribution in [3.63, 3.8) is 0 Å². The molecule has 174 valence electrons. The van der Waals surface area contributed by atoms with Gasteiger partial charge in [-0.05, 0) is 65.4 Å². The summed E-state index contributed by atoms with van der Waals surface area (Å²) < 4.78 is 28.0. The summed E-state index contributed by atoms with van der Waals surface area (Å²) in [5.41, 5.74) is 0.823. The van der Waals surface area contributed by atoms with E-state index in [0.717, 1.165) is 24.8 Å². The number of hydrogen-bond acceptors (Lipinski definition) is 5. The Bertz CT molecular complexity index is 864. The van der Waals surface area contributed by atoms with Gasteiger partial charge in [0.25, 0.3) is 0 Å². The lowest BCUT2D eigenvalue weighted by molar-refractivity contribution is -0.0464.